The Bertz CT molecular complexity index is 451. The van der Waals surface area contributed by atoms with E-state index in [1.54, 1.807) is 12.2 Å². The third kappa shape index (κ3) is 5.03. The number of amides is 2. The van der Waals surface area contributed by atoms with Gasteiger partial charge in [0.2, 0.25) is 11.8 Å². The van der Waals surface area contributed by atoms with Gasteiger partial charge in [0.25, 0.3) is 0 Å². The maximum absolute atomic E-state index is 11.9. The Kier molecular flexibility index (Phi) is 5.59. The molecule has 0 aromatic rings. The van der Waals surface area contributed by atoms with Crippen LogP contribution in [-0.2, 0) is 9.59 Å². The summed E-state index contributed by atoms with van der Waals surface area (Å²) in [6.07, 6.45) is 10.00. The van der Waals surface area contributed by atoms with Gasteiger partial charge in [0, 0.05) is 24.7 Å². The van der Waals surface area contributed by atoms with Gasteiger partial charge < -0.3 is 10.6 Å². The summed E-state index contributed by atoms with van der Waals surface area (Å²) in [6, 6.07) is -0.0295. The van der Waals surface area contributed by atoms with Crippen molar-refractivity contribution in [2.75, 3.05) is 6.54 Å². The lowest BCUT2D eigenvalue weighted by molar-refractivity contribution is -0.119. The lowest BCUT2D eigenvalue weighted by atomic mass is 9.92. The first-order valence-electron chi connectivity index (χ1n) is 8.02. The van der Waals surface area contributed by atoms with E-state index in [9.17, 15) is 9.59 Å². The fraction of sp³-hybridized carbons (Fsp3) is 0.647. The standard InChI is InChI=1S/C17H26N2O2/c1-12(2)15(19-17(21)10-14-7-4-8-14)11-18-16(20)9-13-5-3-6-13/h9-10,12,15H,3-8,11H2,1-2H3,(H,18,20)(H,19,21). The summed E-state index contributed by atoms with van der Waals surface area (Å²) in [5.74, 6) is 0.210. The second kappa shape index (κ2) is 7.43. The van der Waals surface area contributed by atoms with Gasteiger partial charge in [-0.05, 0) is 44.4 Å². The van der Waals surface area contributed by atoms with Crippen molar-refractivity contribution in [2.45, 2.75) is 58.4 Å². The van der Waals surface area contributed by atoms with Crippen molar-refractivity contribution in [3.63, 3.8) is 0 Å². The fourth-order valence-corrected chi connectivity index (χ4v) is 2.36. The Labute approximate surface area is 127 Å². The third-order valence-electron chi connectivity index (χ3n) is 4.29. The molecule has 0 heterocycles. The summed E-state index contributed by atoms with van der Waals surface area (Å²) < 4.78 is 0. The summed E-state index contributed by atoms with van der Waals surface area (Å²) >= 11 is 0. The van der Waals surface area contributed by atoms with E-state index in [1.165, 1.54) is 24.0 Å². The van der Waals surface area contributed by atoms with Crippen LogP contribution in [0.4, 0.5) is 0 Å². The molecular weight excluding hydrogens is 264 g/mol. The Morgan fingerprint density at radius 3 is 1.95 bits per heavy atom. The van der Waals surface area contributed by atoms with Gasteiger partial charge in [-0.2, -0.15) is 0 Å². The van der Waals surface area contributed by atoms with Crippen LogP contribution in [0.5, 0.6) is 0 Å². The van der Waals surface area contributed by atoms with Crippen molar-refractivity contribution >= 4 is 11.8 Å². The number of carbonyl (C=O) groups is 2. The van der Waals surface area contributed by atoms with Crippen molar-refractivity contribution in [1.82, 2.24) is 10.6 Å². The van der Waals surface area contributed by atoms with Crippen molar-refractivity contribution in [3.8, 4) is 0 Å². The van der Waals surface area contributed by atoms with E-state index in [4.69, 9.17) is 0 Å². The zero-order valence-electron chi connectivity index (χ0n) is 13.1. The van der Waals surface area contributed by atoms with Crippen LogP contribution in [-0.4, -0.2) is 24.4 Å². The van der Waals surface area contributed by atoms with E-state index in [0.29, 0.717) is 6.54 Å². The van der Waals surface area contributed by atoms with Gasteiger partial charge in [-0.3, -0.25) is 9.59 Å². The first-order valence-corrected chi connectivity index (χ1v) is 8.02. The quantitative estimate of drug-likeness (QED) is 0.738. The minimum atomic E-state index is -0.0399. The highest BCUT2D eigenvalue weighted by molar-refractivity contribution is 5.89. The van der Waals surface area contributed by atoms with Gasteiger partial charge in [0.05, 0.1) is 0 Å². The highest BCUT2D eigenvalue weighted by atomic mass is 16.2. The molecule has 2 saturated carbocycles. The molecule has 0 spiro atoms. The van der Waals surface area contributed by atoms with Crippen LogP contribution in [0.25, 0.3) is 0 Å². The number of rotatable bonds is 6. The molecule has 1 unspecified atom stereocenters. The smallest absolute Gasteiger partial charge is 0.244 e. The Morgan fingerprint density at radius 2 is 1.52 bits per heavy atom. The van der Waals surface area contributed by atoms with E-state index in [1.807, 2.05) is 0 Å². The molecule has 4 nitrogen and oxygen atoms in total. The number of allylic oxidation sites excluding steroid dienone is 2. The lowest BCUT2D eigenvalue weighted by Crippen LogP contribution is -2.46. The Balaban J connectivity index is 1.78. The Hall–Kier alpha value is -1.58. The summed E-state index contributed by atoms with van der Waals surface area (Å²) in [7, 11) is 0. The van der Waals surface area contributed by atoms with Crippen molar-refractivity contribution in [3.05, 3.63) is 23.3 Å². The SMILES string of the molecule is CC(C)C(CNC(=O)C=C1CCC1)NC(=O)C=C1CCC1. The highest BCUT2D eigenvalue weighted by Crippen LogP contribution is 2.25. The number of hydrogen-bond donors (Lipinski definition) is 2. The second-order valence-electron chi connectivity index (χ2n) is 6.42. The van der Waals surface area contributed by atoms with Gasteiger partial charge in [0.1, 0.15) is 0 Å². The average Bonchev–Trinajstić information content (AvgIpc) is 2.33. The van der Waals surface area contributed by atoms with Crippen LogP contribution < -0.4 is 10.6 Å². The Morgan fingerprint density at radius 1 is 1.00 bits per heavy atom. The van der Waals surface area contributed by atoms with Crippen LogP contribution >= 0.6 is 0 Å². The maximum atomic E-state index is 11.9. The molecule has 1 atom stereocenters. The van der Waals surface area contributed by atoms with Crippen LogP contribution in [0.15, 0.2) is 23.3 Å². The average molecular weight is 290 g/mol. The van der Waals surface area contributed by atoms with E-state index >= 15 is 0 Å². The molecule has 2 fully saturated rings. The van der Waals surface area contributed by atoms with Crippen LogP contribution in [0, 0.1) is 5.92 Å². The molecule has 0 bridgehead atoms. The normalized spacial score (nSPS) is 18.4. The van der Waals surface area contributed by atoms with E-state index in [0.717, 1.165) is 25.7 Å². The molecule has 0 radical (unpaired) electrons. The largest absolute Gasteiger partial charge is 0.350 e. The first-order chi connectivity index (χ1) is 10.0. The fourth-order valence-electron chi connectivity index (χ4n) is 2.36. The van der Waals surface area contributed by atoms with Gasteiger partial charge in [0.15, 0.2) is 0 Å². The highest BCUT2D eigenvalue weighted by Gasteiger charge is 2.18. The van der Waals surface area contributed by atoms with Gasteiger partial charge in [-0.25, -0.2) is 0 Å². The molecular formula is C17H26N2O2. The third-order valence-corrected chi connectivity index (χ3v) is 4.29. The zero-order valence-corrected chi connectivity index (χ0v) is 13.1. The first kappa shape index (κ1) is 15.8. The monoisotopic (exact) mass is 290 g/mol. The zero-order chi connectivity index (χ0) is 15.2. The molecule has 21 heavy (non-hydrogen) atoms. The molecule has 2 aliphatic carbocycles. The molecule has 2 rings (SSSR count). The summed E-state index contributed by atoms with van der Waals surface area (Å²) in [5.41, 5.74) is 2.46. The maximum Gasteiger partial charge on any atom is 0.244 e. The predicted octanol–water partition coefficient (Wildman–Crippen LogP) is 2.46. The van der Waals surface area contributed by atoms with E-state index < -0.39 is 0 Å². The summed E-state index contributed by atoms with van der Waals surface area (Å²) in [4.78, 5) is 23.7. The lowest BCUT2D eigenvalue weighted by Gasteiger charge is -2.23. The van der Waals surface area contributed by atoms with Crippen LogP contribution in [0.3, 0.4) is 0 Å². The molecule has 2 N–H and O–H groups in total. The molecule has 0 aromatic carbocycles. The second-order valence-corrected chi connectivity index (χ2v) is 6.42. The summed E-state index contributed by atoms with van der Waals surface area (Å²) in [6.45, 7) is 4.59. The number of nitrogens with one attached hydrogen (secondary N) is 2. The molecule has 0 aromatic heterocycles. The van der Waals surface area contributed by atoms with Crippen molar-refractivity contribution < 1.29 is 9.59 Å². The summed E-state index contributed by atoms with van der Waals surface area (Å²) in [5, 5.41) is 5.90. The number of hydrogen-bond acceptors (Lipinski definition) is 2. The van der Waals surface area contributed by atoms with Crippen LogP contribution in [0.1, 0.15) is 52.4 Å². The predicted molar refractivity (Wildman–Crippen MR) is 83.6 cm³/mol. The van der Waals surface area contributed by atoms with Crippen molar-refractivity contribution in [1.29, 1.82) is 0 Å². The minimum Gasteiger partial charge on any atom is -0.350 e. The number of carbonyl (C=O) groups excluding carboxylic acids is 2. The molecule has 4 heteroatoms. The van der Waals surface area contributed by atoms with Crippen LogP contribution in [0.2, 0.25) is 0 Å². The molecule has 116 valence electrons. The topological polar surface area (TPSA) is 58.2 Å². The molecule has 0 saturated heterocycles. The van der Waals surface area contributed by atoms with Crippen molar-refractivity contribution in [2.24, 2.45) is 5.92 Å². The van der Waals surface area contributed by atoms with E-state index in [2.05, 4.69) is 24.5 Å². The van der Waals surface area contributed by atoms with E-state index in [-0.39, 0.29) is 23.8 Å². The van der Waals surface area contributed by atoms with Gasteiger partial charge in [-0.1, -0.05) is 25.0 Å². The molecule has 2 aliphatic rings. The van der Waals surface area contributed by atoms with Gasteiger partial charge in [-0.15, -0.1) is 0 Å². The van der Waals surface area contributed by atoms with Gasteiger partial charge >= 0.3 is 0 Å². The molecule has 0 aliphatic heterocycles. The molecule has 2 amide bonds. The minimum absolute atomic E-state index is 0.0295.